The molecule has 37 heavy (non-hydrogen) atoms. The summed E-state index contributed by atoms with van der Waals surface area (Å²) in [6.07, 6.45) is 1.19. The Morgan fingerprint density at radius 2 is 0.973 bits per heavy atom. The van der Waals surface area contributed by atoms with E-state index >= 15 is 0 Å². The molecule has 4 aromatic carbocycles. The van der Waals surface area contributed by atoms with Crippen molar-refractivity contribution < 1.29 is 10.2 Å². The lowest BCUT2D eigenvalue weighted by atomic mass is 9.76. The van der Waals surface area contributed by atoms with Crippen LogP contribution in [-0.4, -0.2) is 10.2 Å². The molecule has 4 heteroatoms. The molecular weight excluding hydrogens is 456 g/mol. The SMILES string of the molecule is Cc1cc(Cc2cc(C(C)(C)c3ccc(O)cc3)cc(Cc3cc(C)c(N)c(C)c3)c2O)cc(C)c1N. The molecule has 192 valence electrons. The first-order valence-electron chi connectivity index (χ1n) is 12.7. The van der Waals surface area contributed by atoms with E-state index in [0.29, 0.717) is 18.6 Å². The summed E-state index contributed by atoms with van der Waals surface area (Å²) >= 11 is 0. The Morgan fingerprint density at radius 3 is 1.35 bits per heavy atom. The average Bonchev–Trinajstić information content (AvgIpc) is 2.83. The molecule has 0 aliphatic carbocycles. The molecule has 0 aromatic heterocycles. The minimum Gasteiger partial charge on any atom is -0.508 e. The normalized spacial score (nSPS) is 11.6. The van der Waals surface area contributed by atoms with Crippen molar-refractivity contribution in [2.75, 3.05) is 11.5 Å². The average molecular weight is 495 g/mol. The van der Waals surface area contributed by atoms with Crippen LogP contribution in [0.4, 0.5) is 11.4 Å². The third-order valence-corrected chi connectivity index (χ3v) is 7.67. The summed E-state index contributed by atoms with van der Waals surface area (Å²) in [5, 5.41) is 21.3. The number of anilines is 2. The van der Waals surface area contributed by atoms with E-state index in [-0.39, 0.29) is 11.2 Å². The van der Waals surface area contributed by atoms with E-state index in [1.54, 1.807) is 12.1 Å². The van der Waals surface area contributed by atoms with E-state index in [1.165, 1.54) is 0 Å². The van der Waals surface area contributed by atoms with Crippen molar-refractivity contribution in [1.29, 1.82) is 0 Å². The molecule has 0 radical (unpaired) electrons. The number of aromatic hydroxyl groups is 2. The molecule has 0 amide bonds. The first-order valence-corrected chi connectivity index (χ1v) is 12.7. The van der Waals surface area contributed by atoms with Gasteiger partial charge in [0.1, 0.15) is 11.5 Å². The predicted octanol–water partition coefficient (Wildman–Crippen LogP) is 7.00. The van der Waals surface area contributed by atoms with Crippen LogP contribution >= 0.6 is 0 Å². The van der Waals surface area contributed by atoms with Crippen molar-refractivity contribution in [2.45, 2.75) is 59.8 Å². The molecule has 0 saturated heterocycles. The van der Waals surface area contributed by atoms with Crippen molar-refractivity contribution in [2.24, 2.45) is 0 Å². The second kappa shape index (κ2) is 9.85. The van der Waals surface area contributed by atoms with E-state index in [9.17, 15) is 10.2 Å². The number of aryl methyl sites for hydroxylation is 4. The highest BCUT2D eigenvalue weighted by Crippen LogP contribution is 2.38. The minimum atomic E-state index is -0.342. The molecular formula is C33H38N2O2. The van der Waals surface area contributed by atoms with Crippen molar-refractivity contribution in [3.05, 3.63) is 116 Å². The van der Waals surface area contributed by atoms with Crippen molar-refractivity contribution >= 4 is 11.4 Å². The Morgan fingerprint density at radius 1 is 0.595 bits per heavy atom. The molecule has 0 heterocycles. The molecule has 0 bridgehead atoms. The summed E-state index contributed by atoms with van der Waals surface area (Å²) in [6, 6.07) is 20.0. The first-order chi connectivity index (χ1) is 17.4. The van der Waals surface area contributed by atoms with Crippen LogP contribution in [0.15, 0.2) is 60.7 Å². The lowest BCUT2D eigenvalue weighted by molar-refractivity contribution is 0.462. The maximum atomic E-state index is 11.5. The molecule has 0 aliphatic rings. The number of nitrogens with two attached hydrogens (primary N) is 2. The van der Waals surface area contributed by atoms with Gasteiger partial charge in [0.05, 0.1) is 0 Å². The number of hydrogen-bond donors (Lipinski definition) is 4. The molecule has 0 saturated carbocycles. The Balaban J connectivity index is 1.85. The van der Waals surface area contributed by atoms with Gasteiger partial charge in [-0.1, -0.05) is 62.4 Å². The van der Waals surface area contributed by atoms with Gasteiger partial charge in [-0.05, 0) is 95.5 Å². The number of benzene rings is 4. The summed E-state index contributed by atoms with van der Waals surface area (Å²) in [7, 11) is 0. The van der Waals surface area contributed by atoms with Gasteiger partial charge in [0, 0.05) is 29.6 Å². The lowest BCUT2D eigenvalue weighted by Gasteiger charge is -2.28. The number of phenols is 2. The third-order valence-electron chi connectivity index (χ3n) is 7.67. The highest BCUT2D eigenvalue weighted by Gasteiger charge is 2.26. The lowest BCUT2D eigenvalue weighted by Crippen LogP contribution is -2.19. The number of phenolic OH excluding ortho intramolecular Hbond substituents is 2. The van der Waals surface area contributed by atoms with E-state index in [2.05, 4.69) is 50.2 Å². The fraction of sp³-hybridized carbons (Fsp3) is 0.273. The molecule has 0 aliphatic heterocycles. The molecule has 0 fully saturated rings. The zero-order valence-corrected chi connectivity index (χ0v) is 22.7. The van der Waals surface area contributed by atoms with Gasteiger partial charge in [-0.3, -0.25) is 0 Å². The molecule has 4 aromatic rings. The molecule has 4 rings (SSSR count). The van der Waals surface area contributed by atoms with Gasteiger partial charge >= 0.3 is 0 Å². The van der Waals surface area contributed by atoms with Crippen molar-refractivity contribution in [1.82, 2.24) is 0 Å². The third kappa shape index (κ3) is 5.29. The quantitative estimate of drug-likeness (QED) is 0.217. The molecule has 4 nitrogen and oxygen atoms in total. The maximum absolute atomic E-state index is 11.5. The number of hydrogen-bond acceptors (Lipinski definition) is 4. The zero-order chi connectivity index (χ0) is 27.1. The smallest absolute Gasteiger partial charge is 0.122 e. The Hall–Kier alpha value is -3.92. The van der Waals surface area contributed by atoms with Crippen LogP contribution in [0, 0.1) is 27.7 Å². The number of nitrogen functional groups attached to an aromatic ring is 2. The summed E-state index contributed by atoms with van der Waals surface area (Å²) in [5.74, 6) is 0.569. The largest absolute Gasteiger partial charge is 0.508 e. The Bertz CT molecular complexity index is 1340. The summed E-state index contributed by atoms with van der Waals surface area (Å²) in [5.41, 5.74) is 24.0. The molecule has 0 atom stereocenters. The highest BCUT2D eigenvalue weighted by atomic mass is 16.3. The van der Waals surface area contributed by atoms with Gasteiger partial charge in [-0.25, -0.2) is 0 Å². The van der Waals surface area contributed by atoms with Crippen LogP contribution in [0.25, 0.3) is 0 Å². The van der Waals surface area contributed by atoms with Gasteiger partial charge in [-0.15, -0.1) is 0 Å². The van der Waals surface area contributed by atoms with Crippen molar-refractivity contribution in [3.8, 4) is 11.5 Å². The topological polar surface area (TPSA) is 92.5 Å². The highest BCUT2D eigenvalue weighted by molar-refractivity contribution is 5.58. The van der Waals surface area contributed by atoms with Crippen LogP contribution in [-0.2, 0) is 18.3 Å². The van der Waals surface area contributed by atoms with Gasteiger partial charge < -0.3 is 21.7 Å². The van der Waals surface area contributed by atoms with Crippen LogP contribution in [0.1, 0.15) is 69.5 Å². The van der Waals surface area contributed by atoms with E-state index in [4.69, 9.17) is 11.5 Å². The Kier molecular flexibility index (Phi) is 6.96. The second-order valence-electron chi connectivity index (χ2n) is 11.0. The minimum absolute atomic E-state index is 0.245. The van der Waals surface area contributed by atoms with Gasteiger partial charge in [0.25, 0.3) is 0 Å². The van der Waals surface area contributed by atoms with Crippen LogP contribution < -0.4 is 11.5 Å². The van der Waals surface area contributed by atoms with Gasteiger partial charge in [0.2, 0.25) is 0 Å². The fourth-order valence-corrected chi connectivity index (χ4v) is 5.21. The maximum Gasteiger partial charge on any atom is 0.122 e. The summed E-state index contributed by atoms with van der Waals surface area (Å²) in [6.45, 7) is 12.4. The zero-order valence-electron chi connectivity index (χ0n) is 22.7. The molecule has 0 unspecified atom stereocenters. The van der Waals surface area contributed by atoms with E-state index < -0.39 is 0 Å². The predicted molar refractivity (Wildman–Crippen MR) is 155 cm³/mol. The van der Waals surface area contributed by atoms with E-state index in [0.717, 1.165) is 67.0 Å². The standard InChI is InChI=1S/C33H38N2O2/c1-19-11-23(12-20(2)30(19)34)15-25-17-28(33(5,6)27-7-9-29(36)10-8-27)18-26(32(25)37)16-24-13-21(3)31(35)22(4)14-24/h7-14,17-18,36-37H,15-16,34-35H2,1-6H3. The Labute approximate surface area is 220 Å². The number of rotatable bonds is 6. The second-order valence-corrected chi connectivity index (χ2v) is 11.0. The van der Waals surface area contributed by atoms with Crippen LogP contribution in [0.5, 0.6) is 11.5 Å². The molecule has 0 spiro atoms. The van der Waals surface area contributed by atoms with Crippen LogP contribution in [0.2, 0.25) is 0 Å². The monoisotopic (exact) mass is 494 g/mol. The van der Waals surface area contributed by atoms with E-state index in [1.807, 2.05) is 39.8 Å². The van der Waals surface area contributed by atoms with Gasteiger partial charge in [0.15, 0.2) is 0 Å². The van der Waals surface area contributed by atoms with Crippen molar-refractivity contribution in [3.63, 3.8) is 0 Å². The van der Waals surface area contributed by atoms with Gasteiger partial charge in [-0.2, -0.15) is 0 Å². The van der Waals surface area contributed by atoms with Crippen LogP contribution in [0.3, 0.4) is 0 Å². The first kappa shape index (κ1) is 26.2. The summed E-state index contributed by atoms with van der Waals surface area (Å²) in [4.78, 5) is 0. The summed E-state index contributed by atoms with van der Waals surface area (Å²) < 4.78 is 0. The molecule has 6 N–H and O–H groups in total. The fourth-order valence-electron chi connectivity index (χ4n) is 5.21.